The molecule has 3 aliphatic rings. The molecule has 0 bridgehead atoms. The van der Waals surface area contributed by atoms with Gasteiger partial charge in [-0.25, -0.2) is 9.59 Å². The summed E-state index contributed by atoms with van der Waals surface area (Å²) in [5, 5.41) is 17.3. The van der Waals surface area contributed by atoms with Gasteiger partial charge in [-0.2, -0.15) is 26.3 Å². The number of carbonyl (C=O) groups is 3. The summed E-state index contributed by atoms with van der Waals surface area (Å²) in [5.74, 6) is -4.78. The van der Waals surface area contributed by atoms with Crippen LogP contribution in [0.4, 0.5) is 32.0 Å². The van der Waals surface area contributed by atoms with Crippen LogP contribution in [0.25, 0.3) is 0 Å². The summed E-state index contributed by atoms with van der Waals surface area (Å²) in [7, 11) is 0. The first-order valence-corrected chi connectivity index (χ1v) is 11.9. The molecule has 4 rings (SSSR count). The molecule has 10 nitrogen and oxygen atoms in total. The van der Waals surface area contributed by atoms with E-state index in [4.69, 9.17) is 29.3 Å². The Morgan fingerprint density at radius 1 is 1.00 bits per heavy atom. The molecule has 3 fully saturated rings. The highest BCUT2D eigenvalue weighted by molar-refractivity contribution is 5.92. The molecule has 1 aromatic heterocycles. The lowest BCUT2D eigenvalue weighted by molar-refractivity contribution is -0.193. The van der Waals surface area contributed by atoms with Crippen molar-refractivity contribution in [2.75, 3.05) is 38.2 Å². The lowest BCUT2D eigenvalue weighted by Crippen LogP contribution is -2.53. The van der Waals surface area contributed by atoms with E-state index in [1.165, 1.54) is 0 Å². The molecule has 220 valence electrons. The zero-order chi connectivity index (χ0) is 29.2. The van der Waals surface area contributed by atoms with E-state index in [-0.39, 0.29) is 17.9 Å². The number of hydrogen-bond acceptors (Lipinski definition) is 7. The Bertz CT molecular complexity index is 918. The average Bonchev–Trinajstić information content (AvgIpc) is 3.34. The second-order valence-corrected chi connectivity index (χ2v) is 9.04. The van der Waals surface area contributed by atoms with E-state index < -0.39 is 24.3 Å². The van der Waals surface area contributed by atoms with Crippen LogP contribution in [-0.2, 0) is 23.9 Å². The molecule has 1 amide bonds. The lowest BCUT2D eigenvalue weighted by atomic mass is 9.87. The SMILES string of the molecule is O=C(Nc1cccnc1)[C@H]1C[C@H]2OCC[C@H]2N(CC2CCOCC2)C1.O=C(O)C(F)(F)F.O=C(O)C(F)(F)F. The van der Waals surface area contributed by atoms with Crippen LogP contribution in [0.3, 0.4) is 0 Å². The van der Waals surface area contributed by atoms with E-state index in [1.54, 1.807) is 12.4 Å². The van der Waals surface area contributed by atoms with Gasteiger partial charge in [0.05, 0.1) is 23.9 Å². The van der Waals surface area contributed by atoms with Crippen LogP contribution in [-0.4, -0.2) is 95.4 Å². The third-order valence-electron chi connectivity index (χ3n) is 6.23. The largest absolute Gasteiger partial charge is 0.490 e. The molecule has 0 aliphatic carbocycles. The van der Waals surface area contributed by atoms with Gasteiger partial charge < -0.3 is 25.0 Å². The van der Waals surface area contributed by atoms with Crippen LogP contribution in [0.1, 0.15) is 25.7 Å². The molecule has 3 atom stereocenters. The molecular weight excluding hydrogens is 544 g/mol. The van der Waals surface area contributed by atoms with Gasteiger partial charge in [0, 0.05) is 45.1 Å². The number of pyridine rings is 1. The number of carboxylic acid groups (broad SMARTS) is 2. The molecule has 39 heavy (non-hydrogen) atoms. The van der Waals surface area contributed by atoms with E-state index in [0.717, 1.165) is 64.3 Å². The number of likely N-dealkylation sites (tertiary alicyclic amines) is 1. The van der Waals surface area contributed by atoms with Crippen molar-refractivity contribution in [3.05, 3.63) is 24.5 Å². The van der Waals surface area contributed by atoms with Crippen LogP contribution >= 0.6 is 0 Å². The number of carbonyl (C=O) groups excluding carboxylic acids is 1. The van der Waals surface area contributed by atoms with Crippen molar-refractivity contribution in [3.8, 4) is 0 Å². The highest BCUT2D eigenvalue weighted by Gasteiger charge is 2.43. The van der Waals surface area contributed by atoms with Crippen LogP contribution in [0.2, 0.25) is 0 Å². The number of rotatable bonds is 4. The molecule has 3 saturated heterocycles. The van der Waals surface area contributed by atoms with Crippen molar-refractivity contribution >= 4 is 23.5 Å². The topological polar surface area (TPSA) is 138 Å². The molecule has 1 aromatic rings. The number of amides is 1. The van der Waals surface area contributed by atoms with E-state index in [0.29, 0.717) is 12.0 Å². The third-order valence-corrected chi connectivity index (χ3v) is 6.23. The van der Waals surface area contributed by atoms with Crippen LogP contribution in [0, 0.1) is 11.8 Å². The molecule has 3 aliphatic heterocycles. The van der Waals surface area contributed by atoms with Gasteiger partial charge in [0.25, 0.3) is 0 Å². The van der Waals surface area contributed by atoms with Crippen molar-refractivity contribution < 1.29 is 60.4 Å². The second kappa shape index (κ2) is 14.4. The minimum Gasteiger partial charge on any atom is -0.475 e. The first kappa shape index (κ1) is 32.2. The minimum atomic E-state index is -5.08. The zero-order valence-corrected chi connectivity index (χ0v) is 20.6. The molecule has 0 saturated carbocycles. The number of halogens is 6. The Labute approximate surface area is 219 Å². The summed E-state index contributed by atoms with van der Waals surface area (Å²) in [6.45, 7) is 4.44. The van der Waals surface area contributed by atoms with Crippen molar-refractivity contribution in [2.45, 2.75) is 50.2 Å². The highest BCUT2D eigenvalue weighted by atomic mass is 19.4. The predicted molar refractivity (Wildman–Crippen MR) is 122 cm³/mol. The summed E-state index contributed by atoms with van der Waals surface area (Å²) in [6, 6.07) is 4.19. The first-order chi connectivity index (χ1) is 18.2. The average molecular weight is 573 g/mol. The summed E-state index contributed by atoms with van der Waals surface area (Å²) in [6.07, 6.45) is -2.41. The first-order valence-electron chi connectivity index (χ1n) is 11.9. The number of aliphatic carboxylic acids is 2. The molecule has 3 N–H and O–H groups in total. The van der Waals surface area contributed by atoms with Crippen molar-refractivity contribution in [1.29, 1.82) is 0 Å². The van der Waals surface area contributed by atoms with Crippen molar-refractivity contribution in [3.63, 3.8) is 0 Å². The van der Waals surface area contributed by atoms with E-state index in [1.807, 2.05) is 12.1 Å². The fraction of sp³-hybridized carbons (Fsp3) is 0.652. The molecule has 0 radical (unpaired) electrons. The maximum absolute atomic E-state index is 12.8. The Hall–Kier alpha value is -2.98. The van der Waals surface area contributed by atoms with E-state index in [9.17, 15) is 31.1 Å². The number of aromatic nitrogens is 1. The van der Waals surface area contributed by atoms with Gasteiger partial charge in [-0.1, -0.05) is 0 Å². The summed E-state index contributed by atoms with van der Waals surface area (Å²) in [4.78, 5) is 37.1. The maximum Gasteiger partial charge on any atom is 0.490 e. The standard InChI is InChI=1S/C19H27N3O3.2C2HF3O2/c23-19(21-16-2-1-6-20-11-16)15-10-18-17(5-9-25-18)22(13-15)12-14-3-7-24-8-4-14;2*3-2(4,5)1(6)7/h1-2,6,11,14-15,17-18H,3-5,7-10,12-13H2,(H,21,23);2*(H,6,7)/t15-,17+,18+;;/m0../s1. The number of nitrogens with zero attached hydrogens (tertiary/aromatic N) is 2. The normalized spacial score (nSPS) is 23.8. The number of hydrogen-bond donors (Lipinski definition) is 3. The minimum absolute atomic E-state index is 0.0283. The molecule has 16 heteroatoms. The Morgan fingerprint density at radius 2 is 1.59 bits per heavy atom. The Kier molecular flexibility index (Phi) is 11.9. The smallest absolute Gasteiger partial charge is 0.475 e. The van der Waals surface area contributed by atoms with Gasteiger partial charge in [0.15, 0.2) is 0 Å². The van der Waals surface area contributed by atoms with Crippen molar-refractivity contribution in [2.24, 2.45) is 11.8 Å². The number of piperidine rings is 1. The zero-order valence-electron chi connectivity index (χ0n) is 20.6. The number of nitrogens with one attached hydrogen (secondary N) is 1. The van der Waals surface area contributed by atoms with Gasteiger partial charge in [0.2, 0.25) is 5.91 Å². The predicted octanol–water partition coefficient (Wildman–Crippen LogP) is 3.19. The van der Waals surface area contributed by atoms with Gasteiger partial charge in [-0.3, -0.25) is 14.7 Å². The second-order valence-electron chi connectivity index (χ2n) is 9.04. The Morgan fingerprint density at radius 3 is 2.10 bits per heavy atom. The summed E-state index contributed by atoms with van der Waals surface area (Å²) in [5.41, 5.74) is 0.762. The van der Waals surface area contributed by atoms with E-state index >= 15 is 0 Å². The van der Waals surface area contributed by atoms with Crippen LogP contribution < -0.4 is 5.32 Å². The molecular formula is C23H29F6N3O7. The monoisotopic (exact) mass is 573 g/mol. The maximum atomic E-state index is 12.8. The fourth-order valence-corrected chi connectivity index (χ4v) is 4.39. The van der Waals surface area contributed by atoms with Gasteiger partial charge in [-0.05, 0) is 43.7 Å². The number of anilines is 1. The molecule has 4 heterocycles. The van der Waals surface area contributed by atoms with Crippen molar-refractivity contribution in [1.82, 2.24) is 9.88 Å². The number of carboxylic acids is 2. The number of ether oxygens (including phenoxy) is 2. The Balaban J connectivity index is 0.000000317. The third kappa shape index (κ3) is 11.0. The number of fused-ring (bicyclic) bond motifs is 1. The van der Waals surface area contributed by atoms with Gasteiger partial charge >= 0.3 is 24.3 Å². The summed E-state index contributed by atoms with van der Waals surface area (Å²) >= 11 is 0. The molecule has 0 spiro atoms. The van der Waals surface area contributed by atoms with E-state index in [2.05, 4.69) is 15.2 Å². The van der Waals surface area contributed by atoms with Crippen LogP contribution in [0.15, 0.2) is 24.5 Å². The van der Waals surface area contributed by atoms with Crippen LogP contribution in [0.5, 0.6) is 0 Å². The number of alkyl halides is 6. The summed E-state index contributed by atoms with van der Waals surface area (Å²) < 4.78 is 74.9. The fourth-order valence-electron chi connectivity index (χ4n) is 4.39. The molecule has 0 aromatic carbocycles. The van der Waals surface area contributed by atoms with Gasteiger partial charge in [0.1, 0.15) is 0 Å². The van der Waals surface area contributed by atoms with Gasteiger partial charge in [-0.15, -0.1) is 0 Å². The molecule has 0 unspecified atom stereocenters. The highest BCUT2D eigenvalue weighted by Crippen LogP contribution is 2.33. The lowest BCUT2D eigenvalue weighted by Gasteiger charge is -2.42. The quantitative estimate of drug-likeness (QED) is 0.464.